The van der Waals surface area contributed by atoms with Crippen molar-refractivity contribution < 1.29 is 4.39 Å². The first-order chi connectivity index (χ1) is 12.2. The lowest BCUT2D eigenvalue weighted by Gasteiger charge is -2.23. The van der Waals surface area contributed by atoms with Gasteiger partial charge in [-0.15, -0.1) is 0 Å². The topological polar surface area (TPSA) is 49.8 Å². The summed E-state index contributed by atoms with van der Waals surface area (Å²) in [6.07, 6.45) is 8.68. The number of nitrogens with one attached hydrogen (secondary N) is 2. The second kappa shape index (κ2) is 6.98. The highest BCUT2D eigenvalue weighted by Gasteiger charge is 2.26. The Bertz CT molecular complexity index is 751. The predicted molar refractivity (Wildman–Crippen MR) is 98.9 cm³/mol. The molecule has 2 aromatic rings. The first-order valence-corrected chi connectivity index (χ1v) is 9.36. The summed E-state index contributed by atoms with van der Waals surface area (Å²) in [5, 5.41) is 6.87. The van der Waals surface area contributed by atoms with Crippen LogP contribution in [0.1, 0.15) is 62.1 Å². The summed E-state index contributed by atoms with van der Waals surface area (Å²) in [7, 11) is 0. The molecule has 2 saturated carbocycles. The number of aromatic nitrogens is 2. The largest absolute Gasteiger partial charge is 0.351 e. The van der Waals surface area contributed by atoms with Crippen molar-refractivity contribution in [3.05, 3.63) is 41.3 Å². The zero-order valence-corrected chi connectivity index (χ0v) is 14.7. The van der Waals surface area contributed by atoms with Crippen LogP contribution in [0, 0.1) is 12.7 Å². The van der Waals surface area contributed by atoms with E-state index in [1.165, 1.54) is 57.1 Å². The zero-order valence-electron chi connectivity index (χ0n) is 14.7. The highest BCUT2D eigenvalue weighted by molar-refractivity contribution is 5.61. The number of hydrogen-bond donors (Lipinski definition) is 2. The highest BCUT2D eigenvalue weighted by atomic mass is 19.1. The van der Waals surface area contributed by atoms with E-state index >= 15 is 0 Å². The number of aryl methyl sites for hydroxylation is 1. The van der Waals surface area contributed by atoms with Gasteiger partial charge in [0.25, 0.3) is 0 Å². The minimum absolute atomic E-state index is 0.218. The maximum atomic E-state index is 13.3. The van der Waals surface area contributed by atoms with Crippen LogP contribution in [0.4, 0.5) is 21.8 Å². The first kappa shape index (κ1) is 16.3. The molecule has 2 aliphatic rings. The van der Waals surface area contributed by atoms with Gasteiger partial charge in [-0.25, -0.2) is 9.37 Å². The third-order valence-electron chi connectivity index (χ3n) is 5.13. The molecule has 0 radical (unpaired) electrons. The van der Waals surface area contributed by atoms with Crippen molar-refractivity contribution in [3.63, 3.8) is 0 Å². The molecule has 2 aliphatic carbocycles. The fraction of sp³-hybridized carbons (Fsp3) is 0.500. The molecule has 0 aliphatic heterocycles. The molecule has 1 aromatic carbocycles. The zero-order chi connectivity index (χ0) is 17.2. The maximum Gasteiger partial charge on any atom is 0.225 e. The van der Waals surface area contributed by atoms with Gasteiger partial charge in [0.1, 0.15) is 11.6 Å². The molecular formula is C20H25FN4. The number of benzene rings is 1. The van der Waals surface area contributed by atoms with Crippen LogP contribution in [0.5, 0.6) is 0 Å². The van der Waals surface area contributed by atoms with E-state index in [-0.39, 0.29) is 5.82 Å². The normalized spacial score (nSPS) is 18.2. The van der Waals surface area contributed by atoms with E-state index in [1.54, 1.807) is 6.07 Å². The molecule has 5 heteroatoms. The molecule has 2 N–H and O–H groups in total. The van der Waals surface area contributed by atoms with Gasteiger partial charge in [0, 0.05) is 23.7 Å². The summed E-state index contributed by atoms with van der Waals surface area (Å²) >= 11 is 0. The molecule has 25 heavy (non-hydrogen) atoms. The monoisotopic (exact) mass is 340 g/mol. The second-order valence-corrected chi connectivity index (χ2v) is 7.34. The molecule has 4 rings (SSSR count). The summed E-state index contributed by atoms with van der Waals surface area (Å²) in [5.74, 6) is 1.84. The SMILES string of the molecule is Cc1cc(F)ccc1Nc1cc(C2CC2)nc(NC2CCCCC2)n1. The number of nitrogens with zero attached hydrogens (tertiary/aromatic N) is 2. The van der Waals surface area contributed by atoms with E-state index < -0.39 is 0 Å². The number of anilines is 3. The van der Waals surface area contributed by atoms with Gasteiger partial charge in [-0.05, 0) is 56.4 Å². The molecule has 1 heterocycles. The van der Waals surface area contributed by atoms with Crippen LogP contribution in [-0.4, -0.2) is 16.0 Å². The van der Waals surface area contributed by atoms with Crippen LogP contribution in [0.2, 0.25) is 0 Å². The molecule has 2 fully saturated rings. The lowest BCUT2D eigenvalue weighted by molar-refractivity contribution is 0.460. The highest BCUT2D eigenvalue weighted by Crippen LogP contribution is 2.40. The van der Waals surface area contributed by atoms with Gasteiger partial charge >= 0.3 is 0 Å². The van der Waals surface area contributed by atoms with E-state index in [0.29, 0.717) is 12.0 Å². The van der Waals surface area contributed by atoms with Gasteiger partial charge in [-0.3, -0.25) is 0 Å². The van der Waals surface area contributed by atoms with E-state index in [4.69, 9.17) is 4.98 Å². The Morgan fingerprint density at radius 3 is 2.52 bits per heavy atom. The van der Waals surface area contributed by atoms with E-state index in [0.717, 1.165) is 28.7 Å². The van der Waals surface area contributed by atoms with Crippen molar-refractivity contribution in [2.24, 2.45) is 0 Å². The van der Waals surface area contributed by atoms with Gasteiger partial charge in [-0.2, -0.15) is 4.98 Å². The first-order valence-electron chi connectivity index (χ1n) is 9.36. The summed E-state index contributed by atoms with van der Waals surface area (Å²) in [6.45, 7) is 1.90. The lowest BCUT2D eigenvalue weighted by atomic mass is 9.96. The van der Waals surface area contributed by atoms with Gasteiger partial charge in [-0.1, -0.05) is 19.3 Å². The quantitative estimate of drug-likeness (QED) is 0.776. The van der Waals surface area contributed by atoms with Gasteiger partial charge in [0.15, 0.2) is 0 Å². The van der Waals surface area contributed by atoms with E-state index in [9.17, 15) is 4.39 Å². The number of rotatable bonds is 5. The van der Waals surface area contributed by atoms with E-state index in [2.05, 4.69) is 15.6 Å². The van der Waals surface area contributed by atoms with Gasteiger partial charge in [0.05, 0.1) is 5.69 Å². The summed E-state index contributed by atoms with van der Waals surface area (Å²) < 4.78 is 13.3. The van der Waals surface area contributed by atoms with Crippen LogP contribution in [0.15, 0.2) is 24.3 Å². The summed E-state index contributed by atoms with van der Waals surface area (Å²) in [6, 6.07) is 7.28. The van der Waals surface area contributed by atoms with Crippen LogP contribution < -0.4 is 10.6 Å². The third kappa shape index (κ3) is 4.09. The van der Waals surface area contributed by atoms with Crippen molar-refractivity contribution in [3.8, 4) is 0 Å². The maximum absolute atomic E-state index is 13.3. The molecule has 1 aromatic heterocycles. The van der Waals surface area contributed by atoms with Gasteiger partial charge in [0.2, 0.25) is 5.95 Å². The van der Waals surface area contributed by atoms with Crippen LogP contribution >= 0.6 is 0 Å². The molecule has 0 bridgehead atoms. The van der Waals surface area contributed by atoms with Crippen molar-refractivity contribution in [1.82, 2.24) is 9.97 Å². The minimum atomic E-state index is -0.218. The van der Waals surface area contributed by atoms with Gasteiger partial charge < -0.3 is 10.6 Å². The van der Waals surface area contributed by atoms with Crippen molar-refractivity contribution in [1.29, 1.82) is 0 Å². The van der Waals surface area contributed by atoms with Crippen molar-refractivity contribution >= 4 is 17.5 Å². The third-order valence-corrected chi connectivity index (χ3v) is 5.13. The molecule has 0 unspecified atom stereocenters. The standard InChI is InChI=1S/C20H25FN4/c1-13-11-15(21)9-10-17(13)23-19-12-18(14-7-8-14)24-20(25-19)22-16-5-3-2-4-6-16/h9-12,14,16H,2-8H2,1H3,(H2,22,23,24,25). The Morgan fingerprint density at radius 2 is 1.80 bits per heavy atom. The Kier molecular flexibility index (Phi) is 4.55. The van der Waals surface area contributed by atoms with Crippen LogP contribution in [0.3, 0.4) is 0 Å². The van der Waals surface area contributed by atoms with Crippen LogP contribution in [0.25, 0.3) is 0 Å². The van der Waals surface area contributed by atoms with Crippen LogP contribution in [-0.2, 0) is 0 Å². The fourth-order valence-corrected chi connectivity index (χ4v) is 3.52. The average Bonchev–Trinajstić information content (AvgIpc) is 3.43. The van der Waals surface area contributed by atoms with Crippen molar-refractivity contribution in [2.75, 3.05) is 10.6 Å². The smallest absolute Gasteiger partial charge is 0.225 e. The summed E-state index contributed by atoms with van der Waals surface area (Å²) in [4.78, 5) is 9.41. The number of hydrogen-bond acceptors (Lipinski definition) is 4. The van der Waals surface area contributed by atoms with E-state index in [1.807, 2.05) is 13.0 Å². The molecule has 0 saturated heterocycles. The molecule has 132 valence electrons. The molecule has 4 nitrogen and oxygen atoms in total. The molecule has 0 amide bonds. The lowest BCUT2D eigenvalue weighted by Crippen LogP contribution is -2.23. The molecule has 0 spiro atoms. The average molecular weight is 340 g/mol. The minimum Gasteiger partial charge on any atom is -0.351 e. The number of halogens is 1. The molecule has 0 atom stereocenters. The predicted octanol–water partition coefficient (Wildman–Crippen LogP) is 5.29. The Hall–Kier alpha value is -2.17. The Morgan fingerprint density at radius 1 is 1.00 bits per heavy atom. The molecular weight excluding hydrogens is 315 g/mol. The van der Waals surface area contributed by atoms with Crippen molar-refractivity contribution in [2.45, 2.75) is 63.8 Å². The summed E-state index contributed by atoms with van der Waals surface area (Å²) in [5.41, 5.74) is 2.86. The Labute approximate surface area is 148 Å². The Balaban J connectivity index is 1.57. The second-order valence-electron chi connectivity index (χ2n) is 7.34. The fourth-order valence-electron chi connectivity index (χ4n) is 3.52.